The van der Waals surface area contributed by atoms with Crippen molar-refractivity contribution in [2.45, 2.75) is 6.54 Å². The molecule has 0 aliphatic carbocycles. The molecule has 38 heavy (non-hydrogen) atoms. The minimum atomic E-state index is -0.149. The molecule has 0 unspecified atom stereocenters. The number of hydrogen-bond acceptors (Lipinski definition) is 5. The van der Waals surface area contributed by atoms with E-state index in [0.29, 0.717) is 43.3 Å². The van der Waals surface area contributed by atoms with Gasteiger partial charge in [-0.2, -0.15) is 0 Å². The van der Waals surface area contributed by atoms with Crippen molar-refractivity contribution in [2.75, 3.05) is 67.6 Å². The monoisotopic (exact) mass is 533 g/mol. The molecule has 9 heteroatoms. The van der Waals surface area contributed by atoms with E-state index in [-0.39, 0.29) is 11.9 Å². The third-order valence-electron chi connectivity index (χ3n) is 6.93. The van der Waals surface area contributed by atoms with Gasteiger partial charge in [-0.1, -0.05) is 35.9 Å². The van der Waals surface area contributed by atoms with Crippen molar-refractivity contribution >= 4 is 40.6 Å². The number of benzene rings is 3. The van der Waals surface area contributed by atoms with E-state index in [9.17, 15) is 9.59 Å². The van der Waals surface area contributed by atoms with Gasteiger partial charge in [0.1, 0.15) is 0 Å². The van der Waals surface area contributed by atoms with Gasteiger partial charge in [-0.05, 0) is 54.1 Å². The number of morpholine rings is 1. The minimum Gasteiger partial charge on any atom is -0.378 e. The molecule has 2 fully saturated rings. The second-order valence-corrected chi connectivity index (χ2v) is 9.78. The highest BCUT2D eigenvalue weighted by molar-refractivity contribution is 6.31. The van der Waals surface area contributed by atoms with Crippen LogP contribution in [0.4, 0.5) is 21.9 Å². The van der Waals surface area contributed by atoms with E-state index < -0.39 is 0 Å². The molecular weight excluding hydrogens is 502 g/mol. The SMILES string of the molecule is O=C(Nc1ccc(N2CCOCC2)cc1)c1cccc(N2CCN(C(=O)NCc3ccccc3Cl)CC2)c1. The van der Waals surface area contributed by atoms with Crippen LogP contribution in [0.15, 0.2) is 72.8 Å². The fourth-order valence-corrected chi connectivity index (χ4v) is 4.92. The van der Waals surface area contributed by atoms with E-state index in [0.717, 1.165) is 48.9 Å². The first-order valence-electron chi connectivity index (χ1n) is 12.9. The predicted molar refractivity (Wildman–Crippen MR) is 151 cm³/mol. The molecule has 8 nitrogen and oxygen atoms in total. The van der Waals surface area contributed by atoms with Gasteiger partial charge in [0.2, 0.25) is 0 Å². The van der Waals surface area contributed by atoms with Crippen molar-refractivity contribution in [3.05, 3.63) is 88.9 Å². The highest BCUT2D eigenvalue weighted by Crippen LogP contribution is 2.22. The number of hydrogen-bond donors (Lipinski definition) is 2. The van der Waals surface area contributed by atoms with Crippen LogP contribution in [-0.4, -0.2) is 69.3 Å². The Morgan fingerprint density at radius 2 is 1.50 bits per heavy atom. The van der Waals surface area contributed by atoms with Crippen molar-refractivity contribution in [3.8, 4) is 0 Å². The quantitative estimate of drug-likeness (QED) is 0.489. The van der Waals surface area contributed by atoms with Crippen LogP contribution in [-0.2, 0) is 11.3 Å². The third-order valence-corrected chi connectivity index (χ3v) is 7.30. The molecule has 2 aliphatic rings. The van der Waals surface area contributed by atoms with Gasteiger partial charge in [-0.15, -0.1) is 0 Å². The molecule has 2 heterocycles. The van der Waals surface area contributed by atoms with Crippen LogP contribution in [0, 0.1) is 0 Å². The Hall–Kier alpha value is -3.75. The Balaban J connectivity index is 1.13. The number of halogens is 1. The molecule has 198 valence electrons. The average Bonchev–Trinajstić information content (AvgIpc) is 2.97. The summed E-state index contributed by atoms with van der Waals surface area (Å²) in [6.45, 7) is 6.19. The normalized spacial score (nSPS) is 15.8. The minimum absolute atomic E-state index is 0.0997. The van der Waals surface area contributed by atoms with Gasteiger partial charge in [0.25, 0.3) is 5.91 Å². The molecule has 3 aromatic carbocycles. The van der Waals surface area contributed by atoms with E-state index in [1.54, 1.807) is 0 Å². The summed E-state index contributed by atoms with van der Waals surface area (Å²) in [5.74, 6) is -0.149. The predicted octanol–water partition coefficient (Wildman–Crippen LogP) is 4.46. The van der Waals surface area contributed by atoms with Crippen molar-refractivity contribution in [2.24, 2.45) is 0 Å². The molecule has 0 bridgehead atoms. The maximum Gasteiger partial charge on any atom is 0.317 e. The summed E-state index contributed by atoms with van der Waals surface area (Å²) >= 11 is 6.19. The van der Waals surface area contributed by atoms with Gasteiger partial charge in [-0.25, -0.2) is 4.79 Å². The first-order chi connectivity index (χ1) is 18.6. The van der Waals surface area contributed by atoms with Gasteiger partial charge in [0.15, 0.2) is 0 Å². The van der Waals surface area contributed by atoms with E-state index in [1.165, 1.54) is 0 Å². The topological polar surface area (TPSA) is 77.2 Å². The summed E-state index contributed by atoms with van der Waals surface area (Å²) in [5.41, 5.74) is 4.35. The maximum atomic E-state index is 13.0. The largest absolute Gasteiger partial charge is 0.378 e. The number of urea groups is 1. The molecule has 2 N–H and O–H groups in total. The molecule has 2 aliphatic heterocycles. The van der Waals surface area contributed by atoms with E-state index in [4.69, 9.17) is 16.3 Å². The van der Waals surface area contributed by atoms with Crippen molar-refractivity contribution < 1.29 is 14.3 Å². The second-order valence-electron chi connectivity index (χ2n) is 9.37. The summed E-state index contributed by atoms with van der Waals surface area (Å²) in [5, 5.41) is 6.60. The highest BCUT2D eigenvalue weighted by Gasteiger charge is 2.22. The first kappa shape index (κ1) is 25.9. The zero-order valence-electron chi connectivity index (χ0n) is 21.2. The third kappa shape index (κ3) is 6.38. The summed E-state index contributed by atoms with van der Waals surface area (Å²) < 4.78 is 5.42. The van der Waals surface area contributed by atoms with Crippen molar-refractivity contribution in [1.82, 2.24) is 10.2 Å². The smallest absolute Gasteiger partial charge is 0.317 e. The zero-order chi connectivity index (χ0) is 26.3. The van der Waals surface area contributed by atoms with Gasteiger partial charge in [0.05, 0.1) is 13.2 Å². The molecule has 0 spiro atoms. The van der Waals surface area contributed by atoms with E-state index in [1.807, 2.05) is 77.7 Å². The Morgan fingerprint density at radius 3 is 2.24 bits per heavy atom. The van der Waals surface area contributed by atoms with Crippen LogP contribution in [0.1, 0.15) is 15.9 Å². The summed E-state index contributed by atoms with van der Waals surface area (Å²) in [7, 11) is 0. The standard InChI is InChI=1S/C29H32ClN5O3/c30-27-7-2-1-4-23(27)21-31-29(37)35-14-12-33(13-15-35)26-6-3-5-22(20-26)28(36)32-24-8-10-25(11-9-24)34-16-18-38-19-17-34/h1-11,20H,12-19,21H2,(H,31,37)(H,32,36). The number of anilines is 3. The number of piperazine rings is 1. The zero-order valence-corrected chi connectivity index (χ0v) is 22.0. The van der Waals surface area contributed by atoms with Crippen LogP contribution < -0.4 is 20.4 Å². The Labute approximate surface area is 228 Å². The highest BCUT2D eigenvalue weighted by atomic mass is 35.5. The molecule has 3 aromatic rings. The lowest BCUT2D eigenvalue weighted by atomic mass is 10.1. The first-order valence-corrected chi connectivity index (χ1v) is 13.3. The Kier molecular flexibility index (Phi) is 8.31. The number of amides is 3. The lowest BCUT2D eigenvalue weighted by Crippen LogP contribution is -2.51. The average molecular weight is 534 g/mol. The Bertz CT molecular complexity index is 1260. The van der Waals surface area contributed by atoms with E-state index in [2.05, 4.69) is 20.4 Å². The maximum absolute atomic E-state index is 13.0. The van der Waals surface area contributed by atoms with Gasteiger partial charge < -0.3 is 30.1 Å². The van der Waals surface area contributed by atoms with Crippen LogP contribution in [0.25, 0.3) is 0 Å². The molecule has 2 saturated heterocycles. The van der Waals surface area contributed by atoms with Crippen molar-refractivity contribution in [3.63, 3.8) is 0 Å². The fraction of sp³-hybridized carbons (Fsp3) is 0.310. The van der Waals surface area contributed by atoms with Gasteiger partial charge in [-0.3, -0.25) is 4.79 Å². The molecule has 0 saturated carbocycles. The second kappa shape index (κ2) is 12.2. The number of carbonyl (C=O) groups excluding carboxylic acids is 2. The van der Waals surface area contributed by atoms with E-state index >= 15 is 0 Å². The summed E-state index contributed by atoms with van der Waals surface area (Å²) in [4.78, 5) is 31.9. The van der Waals surface area contributed by atoms with Gasteiger partial charge >= 0.3 is 6.03 Å². The number of nitrogens with zero attached hydrogens (tertiary/aromatic N) is 3. The van der Waals surface area contributed by atoms with Crippen molar-refractivity contribution in [1.29, 1.82) is 0 Å². The summed E-state index contributed by atoms with van der Waals surface area (Å²) in [6.07, 6.45) is 0. The van der Waals surface area contributed by atoms with Crippen LogP contribution in [0.2, 0.25) is 5.02 Å². The van der Waals surface area contributed by atoms with Crippen LogP contribution in [0.3, 0.4) is 0 Å². The molecule has 0 radical (unpaired) electrons. The molecule has 0 aromatic heterocycles. The number of ether oxygens (including phenoxy) is 1. The lowest BCUT2D eigenvalue weighted by Gasteiger charge is -2.36. The van der Waals surface area contributed by atoms with Gasteiger partial charge in [0, 0.05) is 73.5 Å². The lowest BCUT2D eigenvalue weighted by molar-refractivity contribution is 0.102. The molecule has 3 amide bonds. The number of nitrogens with one attached hydrogen (secondary N) is 2. The number of carbonyl (C=O) groups is 2. The Morgan fingerprint density at radius 1 is 0.789 bits per heavy atom. The molecular formula is C29H32ClN5O3. The molecule has 5 rings (SSSR count). The fourth-order valence-electron chi connectivity index (χ4n) is 4.72. The molecule has 0 atom stereocenters. The summed E-state index contributed by atoms with van der Waals surface area (Å²) in [6, 6.07) is 23.0. The van der Waals surface area contributed by atoms with Crippen LogP contribution >= 0.6 is 11.6 Å². The number of rotatable bonds is 6. The van der Waals surface area contributed by atoms with Crippen LogP contribution in [0.5, 0.6) is 0 Å².